The van der Waals surface area contributed by atoms with Gasteiger partial charge in [-0.05, 0) is 25.2 Å². The highest BCUT2D eigenvalue weighted by Gasteiger charge is 2.11. The zero-order valence-electron chi connectivity index (χ0n) is 8.92. The molecule has 0 aliphatic carbocycles. The average Bonchev–Trinajstić information content (AvgIpc) is 2.14. The lowest BCUT2D eigenvalue weighted by atomic mass is 10.4. The largest absolute Gasteiger partial charge is 0.498 e. The van der Waals surface area contributed by atoms with Crippen LogP contribution in [0.3, 0.4) is 0 Å². The van der Waals surface area contributed by atoms with E-state index in [1.807, 2.05) is 0 Å². The van der Waals surface area contributed by atoms with Crippen LogP contribution in [0.2, 0.25) is 0 Å². The molecule has 98 valence electrons. The van der Waals surface area contributed by atoms with E-state index in [-0.39, 0.29) is 6.61 Å². The Morgan fingerprint density at radius 2 is 2.18 bits per heavy atom. The molecule has 0 bridgehead atoms. The van der Waals surface area contributed by atoms with Crippen molar-refractivity contribution in [2.45, 2.75) is 13.0 Å². The van der Waals surface area contributed by atoms with Crippen LogP contribution in [-0.2, 0) is 19.3 Å². The highest BCUT2D eigenvalue weighted by atomic mass is 35.5. The monoisotopic (exact) mass is 302 g/mol. The summed E-state index contributed by atoms with van der Waals surface area (Å²) in [6.45, 7) is 1.40. The standard InChI is InChI=1S/C9H12Cl2O5S/c1-8(16-17(12,13)14)7-15-6-2-3-9(11)4-5-10/h2-6,8H,7H2,1H3,(H,12,13,14)/b5-4+,6-2+,9-3+. The molecule has 0 radical (unpaired) electrons. The normalized spacial score (nSPS) is 15.6. The van der Waals surface area contributed by atoms with E-state index in [9.17, 15) is 8.42 Å². The van der Waals surface area contributed by atoms with Crippen LogP contribution in [0.1, 0.15) is 6.92 Å². The second kappa shape index (κ2) is 8.54. The summed E-state index contributed by atoms with van der Waals surface area (Å²) < 4.78 is 38.1. The van der Waals surface area contributed by atoms with E-state index < -0.39 is 16.5 Å². The van der Waals surface area contributed by atoms with Crippen molar-refractivity contribution in [2.24, 2.45) is 0 Å². The molecule has 0 heterocycles. The van der Waals surface area contributed by atoms with Crippen molar-refractivity contribution in [1.29, 1.82) is 0 Å². The van der Waals surface area contributed by atoms with E-state index in [4.69, 9.17) is 32.5 Å². The number of halogens is 2. The Morgan fingerprint density at radius 1 is 1.53 bits per heavy atom. The van der Waals surface area contributed by atoms with Gasteiger partial charge >= 0.3 is 10.4 Å². The molecule has 1 atom stereocenters. The first kappa shape index (κ1) is 16.5. The van der Waals surface area contributed by atoms with Crippen LogP contribution in [0.4, 0.5) is 0 Å². The predicted octanol–water partition coefficient (Wildman–Crippen LogP) is 2.60. The maximum Gasteiger partial charge on any atom is 0.397 e. The maximum absolute atomic E-state index is 10.3. The molecule has 0 amide bonds. The van der Waals surface area contributed by atoms with Crippen molar-refractivity contribution in [3.05, 3.63) is 35.1 Å². The predicted molar refractivity (Wildman–Crippen MR) is 66.1 cm³/mol. The third kappa shape index (κ3) is 11.7. The summed E-state index contributed by atoms with van der Waals surface area (Å²) in [5, 5.41) is 0.405. The number of hydrogen-bond acceptors (Lipinski definition) is 4. The number of allylic oxidation sites excluding steroid dienone is 4. The lowest BCUT2D eigenvalue weighted by Crippen LogP contribution is -2.18. The van der Waals surface area contributed by atoms with Crippen LogP contribution in [0.15, 0.2) is 35.1 Å². The van der Waals surface area contributed by atoms with Gasteiger partial charge in [0.15, 0.2) is 0 Å². The fraction of sp³-hybridized carbons (Fsp3) is 0.333. The second-order valence-corrected chi connectivity index (χ2v) is 4.58. The van der Waals surface area contributed by atoms with Crippen molar-refractivity contribution < 1.29 is 21.9 Å². The van der Waals surface area contributed by atoms with E-state index >= 15 is 0 Å². The van der Waals surface area contributed by atoms with Crippen LogP contribution in [-0.4, -0.2) is 25.7 Å². The molecule has 0 aromatic heterocycles. The van der Waals surface area contributed by atoms with Gasteiger partial charge in [-0.25, -0.2) is 4.18 Å². The zero-order valence-corrected chi connectivity index (χ0v) is 11.2. The lowest BCUT2D eigenvalue weighted by molar-refractivity contribution is 0.109. The molecule has 0 aliphatic heterocycles. The minimum absolute atomic E-state index is 0.0346. The summed E-state index contributed by atoms with van der Waals surface area (Å²) in [6.07, 6.45) is 5.00. The third-order valence-electron chi connectivity index (χ3n) is 1.27. The maximum atomic E-state index is 10.3. The molecule has 0 rings (SSSR count). The molecule has 0 spiro atoms. The van der Waals surface area contributed by atoms with Crippen LogP contribution in [0.5, 0.6) is 0 Å². The van der Waals surface area contributed by atoms with E-state index in [1.165, 1.54) is 36.9 Å². The molecule has 0 aromatic rings. The van der Waals surface area contributed by atoms with E-state index in [1.54, 1.807) is 0 Å². The molecule has 1 unspecified atom stereocenters. The summed E-state index contributed by atoms with van der Waals surface area (Å²) in [4.78, 5) is 0. The van der Waals surface area contributed by atoms with Gasteiger partial charge in [-0.2, -0.15) is 8.42 Å². The molecule has 0 saturated carbocycles. The first-order valence-corrected chi connectivity index (χ1v) is 6.59. The Morgan fingerprint density at radius 3 is 2.71 bits per heavy atom. The van der Waals surface area contributed by atoms with Gasteiger partial charge in [0.25, 0.3) is 0 Å². The van der Waals surface area contributed by atoms with Crippen molar-refractivity contribution in [3.63, 3.8) is 0 Å². The van der Waals surface area contributed by atoms with Crippen LogP contribution in [0, 0.1) is 0 Å². The molecule has 5 nitrogen and oxygen atoms in total. The summed E-state index contributed by atoms with van der Waals surface area (Å²) in [5.41, 5.74) is 1.26. The Bertz CT molecular complexity index is 400. The van der Waals surface area contributed by atoms with E-state index in [0.29, 0.717) is 5.03 Å². The van der Waals surface area contributed by atoms with Crippen molar-refractivity contribution in [3.8, 4) is 0 Å². The van der Waals surface area contributed by atoms with Gasteiger partial charge in [-0.15, -0.1) is 0 Å². The van der Waals surface area contributed by atoms with Gasteiger partial charge in [0.1, 0.15) is 12.7 Å². The third-order valence-corrected chi connectivity index (χ3v) is 2.22. The fourth-order valence-corrected chi connectivity index (χ4v) is 1.54. The van der Waals surface area contributed by atoms with Crippen LogP contribution < -0.4 is 0 Å². The molecule has 0 saturated heterocycles. The van der Waals surface area contributed by atoms with Gasteiger partial charge in [0.2, 0.25) is 0 Å². The molecule has 0 aromatic carbocycles. The fourth-order valence-electron chi connectivity index (χ4n) is 0.729. The summed E-state index contributed by atoms with van der Waals surface area (Å²) in [6, 6.07) is 0. The number of rotatable bonds is 7. The first-order valence-electron chi connectivity index (χ1n) is 4.41. The van der Waals surface area contributed by atoms with Crippen LogP contribution >= 0.6 is 23.2 Å². The van der Waals surface area contributed by atoms with Gasteiger partial charge < -0.3 is 4.74 Å². The molecular weight excluding hydrogens is 291 g/mol. The molecule has 17 heavy (non-hydrogen) atoms. The zero-order chi connectivity index (χ0) is 13.3. The minimum Gasteiger partial charge on any atom is -0.498 e. The van der Waals surface area contributed by atoms with Gasteiger partial charge in [0.05, 0.1) is 6.26 Å². The summed E-state index contributed by atoms with van der Waals surface area (Å²) >= 11 is 10.9. The highest BCUT2D eigenvalue weighted by Crippen LogP contribution is 2.04. The van der Waals surface area contributed by atoms with Gasteiger partial charge in [-0.3, -0.25) is 4.55 Å². The molecule has 0 aliphatic rings. The lowest BCUT2D eigenvalue weighted by Gasteiger charge is -2.08. The first-order chi connectivity index (χ1) is 7.85. The van der Waals surface area contributed by atoms with Crippen LogP contribution in [0.25, 0.3) is 0 Å². The summed E-state index contributed by atoms with van der Waals surface area (Å²) in [7, 11) is -4.45. The smallest absolute Gasteiger partial charge is 0.397 e. The molecule has 0 fully saturated rings. The second-order valence-electron chi connectivity index (χ2n) is 2.84. The van der Waals surface area contributed by atoms with E-state index in [0.717, 1.165) is 0 Å². The van der Waals surface area contributed by atoms with Crippen molar-refractivity contribution >= 4 is 33.6 Å². The molecule has 8 heteroatoms. The number of ether oxygens (including phenoxy) is 1. The summed E-state index contributed by atoms with van der Waals surface area (Å²) in [5.74, 6) is 0. The Kier molecular flexibility index (Phi) is 8.28. The van der Waals surface area contributed by atoms with Crippen molar-refractivity contribution in [2.75, 3.05) is 6.61 Å². The topological polar surface area (TPSA) is 72.8 Å². The number of hydrogen-bond donors (Lipinski definition) is 1. The van der Waals surface area contributed by atoms with E-state index in [2.05, 4.69) is 4.18 Å². The highest BCUT2D eigenvalue weighted by molar-refractivity contribution is 7.80. The SMILES string of the molecule is CC(CO/C=C/C=C(Cl)\C=C\Cl)OS(=O)(=O)O. The average molecular weight is 303 g/mol. The Balaban J connectivity index is 3.92. The minimum atomic E-state index is -4.45. The van der Waals surface area contributed by atoms with Crippen molar-refractivity contribution in [1.82, 2.24) is 0 Å². The Hall–Kier alpha value is -0.530. The quantitative estimate of drug-likeness (QED) is 0.444. The van der Waals surface area contributed by atoms with Gasteiger partial charge in [-0.1, -0.05) is 23.2 Å². The molecule has 1 N–H and O–H groups in total. The Labute approximate surface area is 110 Å². The van der Waals surface area contributed by atoms with Gasteiger partial charge in [0, 0.05) is 10.6 Å². The molecular formula is C9H12Cl2O5S.